The van der Waals surface area contributed by atoms with Gasteiger partial charge in [0, 0.05) is 12.6 Å². The van der Waals surface area contributed by atoms with Crippen LogP contribution in [0.15, 0.2) is 24.7 Å². The number of rotatable bonds is 2. The van der Waals surface area contributed by atoms with Crippen LogP contribution in [0.25, 0.3) is 5.52 Å². The molecule has 4 nitrogen and oxygen atoms in total. The molecule has 0 radical (unpaired) electrons. The predicted molar refractivity (Wildman–Crippen MR) is 55.5 cm³/mol. The fourth-order valence-electron chi connectivity index (χ4n) is 1.48. The lowest BCUT2D eigenvalue weighted by Crippen LogP contribution is -2.13. The number of nitrogens with zero attached hydrogens (tertiary/aromatic N) is 2. The zero-order valence-corrected chi connectivity index (χ0v) is 7.99. The van der Waals surface area contributed by atoms with Crippen molar-refractivity contribution in [1.82, 2.24) is 9.38 Å². The van der Waals surface area contributed by atoms with Crippen LogP contribution >= 0.6 is 0 Å². The number of amidine groups is 1. The van der Waals surface area contributed by atoms with Gasteiger partial charge >= 0.3 is 0 Å². The molecule has 14 heavy (non-hydrogen) atoms. The van der Waals surface area contributed by atoms with E-state index < -0.39 is 0 Å². The van der Waals surface area contributed by atoms with E-state index in [-0.39, 0.29) is 5.84 Å². The lowest BCUT2D eigenvalue weighted by molar-refractivity contribution is 1.12. The van der Waals surface area contributed by atoms with Gasteiger partial charge in [0.15, 0.2) is 0 Å². The minimum absolute atomic E-state index is 0.145. The molecule has 0 amide bonds. The Balaban J connectivity index is 2.52. The summed E-state index contributed by atoms with van der Waals surface area (Å²) in [5.41, 5.74) is 8.40. The normalized spacial score (nSPS) is 10.6. The van der Waals surface area contributed by atoms with Crippen molar-refractivity contribution in [3.05, 3.63) is 35.9 Å². The first-order chi connectivity index (χ1) is 6.66. The van der Waals surface area contributed by atoms with Crippen LogP contribution in [0.3, 0.4) is 0 Å². The summed E-state index contributed by atoms with van der Waals surface area (Å²) in [4.78, 5) is 4.22. The number of aryl methyl sites for hydroxylation is 1. The summed E-state index contributed by atoms with van der Waals surface area (Å²) in [6.07, 6.45) is 4.17. The number of hydrogen-bond acceptors (Lipinski definition) is 2. The van der Waals surface area contributed by atoms with Crippen LogP contribution in [0.1, 0.15) is 11.3 Å². The maximum Gasteiger partial charge on any atom is 0.0995 e. The van der Waals surface area contributed by atoms with Crippen molar-refractivity contribution in [3.63, 3.8) is 0 Å². The molecule has 0 aliphatic rings. The summed E-state index contributed by atoms with van der Waals surface area (Å²) in [6.45, 7) is 2.03. The zero-order valence-electron chi connectivity index (χ0n) is 7.99. The van der Waals surface area contributed by atoms with Gasteiger partial charge < -0.3 is 10.1 Å². The molecule has 0 saturated heterocycles. The van der Waals surface area contributed by atoms with E-state index >= 15 is 0 Å². The summed E-state index contributed by atoms with van der Waals surface area (Å²) in [5.74, 6) is 0.145. The summed E-state index contributed by atoms with van der Waals surface area (Å²) in [6, 6.07) is 4.03. The van der Waals surface area contributed by atoms with Crippen molar-refractivity contribution < 1.29 is 0 Å². The van der Waals surface area contributed by atoms with E-state index in [0.29, 0.717) is 6.42 Å². The van der Waals surface area contributed by atoms with Crippen molar-refractivity contribution in [3.8, 4) is 0 Å². The Bertz CT molecular complexity index is 484. The first-order valence-electron chi connectivity index (χ1n) is 4.42. The maximum absolute atomic E-state index is 7.22. The number of hydrogen-bond donors (Lipinski definition) is 2. The Labute approximate surface area is 81.9 Å². The van der Waals surface area contributed by atoms with E-state index in [0.717, 1.165) is 11.2 Å². The number of imidazole rings is 1. The van der Waals surface area contributed by atoms with Crippen LogP contribution in [0.5, 0.6) is 0 Å². The highest BCUT2D eigenvalue weighted by Crippen LogP contribution is 2.11. The highest BCUT2D eigenvalue weighted by molar-refractivity contribution is 5.81. The minimum Gasteiger partial charge on any atom is -0.387 e. The quantitative estimate of drug-likeness (QED) is 0.547. The van der Waals surface area contributed by atoms with E-state index in [1.54, 1.807) is 6.33 Å². The maximum atomic E-state index is 7.22. The first kappa shape index (κ1) is 8.74. The Morgan fingerprint density at radius 1 is 1.57 bits per heavy atom. The standard InChI is InChI=1S/C10H12N4/c1-7-2-3-9-8(4-10(11)12)13-6-14(9)5-7/h2-3,5-6H,4H2,1H3,(H3,11,12). The van der Waals surface area contributed by atoms with E-state index in [1.165, 1.54) is 5.56 Å². The molecule has 2 rings (SSSR count). The van der Waals surface area contributed by atoms with Gasteiger partial charge in [-0.25, -0.2) is 4.98 Å². The number of pyridine rings is 1. The van der Waals surface area contributed by atoms with Gasteiger partial charge in [-0.2, -0.15) is 0 Å². The van der Waals surface area contributed by atoms with Crippen molar-refractivity contribution in [1.29, 1.82) is 5.41 Å². The zero-order chi connectivity index (χ0) is 10.1. The van der Waals surface area contributed by atoms with Crippen molar-refractivity contribution in [2.75, 3.05) is 0 Å². The summed E-state index contributed by atoms with van der Waals surface area (Å²) in [7, 11) is 0. The van der Waals surface area contributed by atoms with E-state index in [9.17, 15) is 0 Å². The molecule has 72 valence electrons. The highest BCUT2D eigenvalue weighted by Gasteiger charge is 2.04. The van der Waals surface area contributed by atoms with Crippen LogP contribution in [0.2, 0.25) is 0 Å². The minimum atomic E-state index is 0.145. The molecule has 0 aliphatic carbocycles. The third-order valence-corrected chi connectivity index (χ3v) is 2.12. The molecule has 0 bridgehead atoms. The molecular formula is C10H12N4. The van der Waals surface area contributed by atoms with Crippen molar-refractivity contribution in [2.45, 2.75) is 13.3 Å². The lowest BCUT2D eigenvalue weighted by atomic mass is 10.2. The SMILES string of the molecule is Cc1ccc2c(CC(=N)N)ncn2c1. The molecule has 0 atom stereocenters. The van der Waals surface area contributed by atoms with Gasteiger partial charge in [0.1, 0.15) is 0 Å². The van der Waals surface area contributed by atoms with Gasteiger partial charge in [0.05, 0.1) is 23.4 Å². The summed E-state index contributed by atoms with van der Waals surface area (Å²) in [5, 5.41) is 7.22. The molecule has 0 fully saturated rings. The van der Waals surface area contributed by atoms with Crippen LogP contribution in [0.4, 0.5) is 0 Å². The monoisotopic (exact) mass is 188 g/mol. The van der Waals surface area contributed by atoms with Gasteiger partial charge in [0.2, 0.25) is 0 Å². The van der Waals surface area contributed by atoms with Gasteiger partial charge in [-0.3, -0.25) is 5.41 Å². The molecule has 2 aromatic heterocycles. The lowest BCUT2D eigenvalue weighted by Gasteiger charge is -1.98. The largest absolute Gasteiger partial charge is 0.387 e. The fraction of sp³-hybridized carbons (Fsp3) is 0.200. The van der Waals surface area contributed by atoms with Crippen LogP contribution in [0, 0.1) is 12.3 Å². The van der Waals surface area contributed by atoms with Gasteiger partial charge in [-0.05, 0) is 18.6 Å². The summed E-state index contributed by atoms with van der Waals surface area (Å²) < 4.78 is 1.95. The third kappa shape index (κ3) is 1.46. The second kappa shape index (κ2) is 3.14. The molecule has 2 heterocycles. The molecule has 0 unspecified atom stereocenters. The third-order valence-electron chi connectivity index (χ3n) is 2.12. The van der Waals surface area contributed by atoms with Crippen molar-refractivity contribution in [2.24, 2.45) is 5.73 Å². The highest BCUT2D eigenvalue weighted by atomic mass is 15.0. The Morgan fingerprint density at radius 3 is 3.07 bits per heavy atom. The van der Waals surface area contributed by atoms with Gasteiger partial charge in [-0.1, -0.05) is 6.07 Å². The number of fused-ring (bicyclic) bond motifs is 1. The Kier molecular flexibility index (Phi) is 1.96. The average Bonchev–Trinajstić information content (AvgIpc) is 2.47. The van der Waals surface area contributed by atoms with Gasteiger partial charge in [0.25, 0.3) is 0 Å². The first-order valence-corrected chi connectivity index (χ1v) is 4.42. The molecular weight excluding hydrogens is 176 g/mol. The topological polar surface area (TPSA) is 67.2 Å². The van der Waals surface area contributed by atoms with E-state index in [2.05, 4.69) is 4.98 Å². The van der Waals surface area contributed by atoms with E-state index in [4.69, 9.17) is 11.1 Å². The molecule has 0 spiro atoms. The molecule has 4 heteroatoms. The Hall–Kier alpha value is -1.84. The second-order valence-corrected chi connectivity index (χ2v) is 3.39. The van der Waals surface area contributed by atoms with Crippen molar-refractivity contribution >= 4 is 11.4 Å². The molecule has 0 aliphatic heterocycles. The molecule has 2 aromatic rings. The summed E-state index contributed by atoms with van der Waals surface area (Å²) >= 11 is 0. The van der Waals surface area contributed by atoms with Crippen LogP contribution in [-0.4, -0.2) is 15.2 Å². The van der Waals surface area contributed by atoms with Crippen LogP contribution < -0.4 is 5.73 Å². The second-order valence-electron chi connectivity index (χ2n) is 3.39. The molecule has 3 N–H and O–H groups in total. The fourth-order valence-corrected chi connectivity index (χ4v) is 1.48. The molecule has 0 saturated carbocycles. The number of aromatic nitrogens is 2. The number of nitrogens with one attached hydrogen (secondary N) is 1. The average molecular weight is 188 g/mol. The van der Waals surface area contributed by atoms with Gasteiger partial charge in [-0.15, -0.1) is 0 Å². The Morgan fingerprint density at radius 2 is 2.36 bits per heavy atom. The number of nitrogens with two attached hydrogens (primary N) is 1. The van der Waals surface area contributed by atoms with E-state index in [1.807, 2.05) is 29.7 Å². The molecule has 0 aromatic carbocycles. The smallest absolute Gasteiger partial charge is 0.0995 e. The van der Waals surface area contributed by atoms with Crippen LogP contribution in [-0.2, 0) is 6.42 Å². The predicted octanol–water partition coefficient (Wildman–Crippen LogP) is 1.12.